The normalized spacial score (nSPS) is 10.5. The lowest BCUT2D eigenvalue weighted by Crippen LogP contribution is -2.28. The molecule has 0 unspecified atom stereocenters. The van der Waals surface area contributed by atoms with Crippen molar-refractivity contribution >= 4 is 11.7 Å². The molecule has 0 spiro atoms. The van der Waals surface area contributed by atoms with E-state index in [2.05, 4.69) is 15.7 Å². The first-order valence-electron chi connectivity index (χ1n) is 7.65. The van der Waals surface area contributed by atoms with Gasteiger partial charge >= 0.3 is 6.03 Å². The molecule has 3 aromatic rings. The number of nitrogens with one attached hydrogen (secondary N) is 2. The molecule has 0 radical (unpaired) electrons. The van der Waals surface area contributed by atoms with Crippen molar-refractivity contribution in [2.75, 3.05) is 5.32 Å². The highest BCUT2D eigenvalue weighted by atomic mass is 19.1. The van der Waals surface area contributed by atoms with Gasteiger partial charge in [-0.15, -0.1) is 0 Å². The quantitative estimate of drug-likeness (QED) is 0.745. The Bertz CT molecular complexity index is 845. The van der Waals surface area contributed by atoms with Crippen molar-refractivity contribution in [2.45, 2.75) is 13.1 Å². The minimum atomic E-state index is -0.750. The van der Waals surface area contributed by atoms with E-state index < -0.39 is 17.7 Å². The van der Waals surface area contributed by atoms with Gasteiger partial charge in [-0.1, -0.05) is 24.3 Å². The monoisotopic (exact) mass is 342 g/mol. The van der Waals surface area contributed by atoms with Crippen LogP contribution in [0.1, 0.15) is 11.1 Å². The Morgan fingerprint density at radius 3 is 2.44 bits per heavy atom. The van der Waals surface area contributed by atoms with Gasteiger partial charge in [0.1, 0.15) is 11.6 Å². The standard InChI is InChI=1S/C18H16F2N4O/c19-15-8-16(20)10-17(9-15)23-18(25)21-11-13-4-1-2-5-14(13)12-24-7-3-6-22-24/h1-10H,11-12H2,(H2,21,23,25). The second-order valence-electron chi connectivity index (χ2n) is 5.44. The Balaban J connectivity index is 1.62. The Kier molecular flexibility index (Phi) is 5.03. The van der Waals surface area contributed by atoms with Crippen LogP contribution in [-0.4, -0.2) is 15.8 Å². The van der Waals surface area contributed by atoms with Crippen LogP contribution < -0.4 is 10.6 Å². The van der Waals surface area contributed by atoms with Crippen LogP contribution >= 0.6 is 0 Å². The van der Waals surface area contributed by atoms with Gasteiger partial charge in [0.2, 0.25) is 0 Å². The molecule has 0 aliphatic heterocycles. The topological polar surface area (TPSA) is 59.0 Å². The van der Waals surface area contributed by atoms with E-state index in [0.717, 1.165) is 29.3 Å². The third-order valence-corrected chi connectivity index (χ3v) is 3.57. The summed E-state index contributed by atoms with van der Waals surface area (Å²) in [6, 6.07) is 11.8. The Hall–Kier alpha value is -3.22. The zero-order chi connectivity index (χ0) is 17.6. The number of anilines is 1. The number of hydrogen-bond acceptors (Lipinski definition) is 2. The maximum absolute atomic E-state index is 13.1. The van der Waals surface area contributed by atoms with Crippen LogP contribution in [0.2, 0.25) is 0 Å². The van der Waals surface area contributed by atoms with Crippen molar-refractivity contribution in [3.05, 3.63) is 83.7 Å². The minimum Gasteiger partial charge on any atom is -0.334 e. The predicted molar refractivity (Wildman–Crippen MR) is 90.0 cm³/mol. The van der Waals surface area contributed by atoms with Crippen molar-refractivity contribution in [1.29, 1.82) is 0 Å². The molecule has 0 atom stereocenters. The second-order valence-corrected chi connectivity index (χ2v) is 5.44. The van der Waals surface area contributed by atoms with Gasteiger partial charge in [0.15, 0.2) is 0 Å². The van der Waals surface area contributed by atoms with E-state index in [1.165, 1.54) is 0 Å². The van der Waals surface area contributed by atoms with Crippen molar-refractivity contribution in [3.63, 3.8) is 0 Å². The second kappa shape index (κ2) is 7.57. The number of amides is 2. The smallest absolute Gasteiger partial charge is 0.319 e. The third-order valence-electron chi connectivity index (χ3n) is 3.57. The molecule has 128 valence electrons. The van der Waals surface area contributed by atoms with Gasteiger partial charge in [-0.25, -0.2) is 13.6 Å². The minimum absolute atomic E-state index is 0.0554. The van der Waals surface area contributed by atoms with Crippen molar-refractivity contribution < 1.29 is 13.6 Å². The predicted octanol–water partition coefficient (Wildman–Crippen LogP) is 3.53. The largest absolute Gasteiger partial charge is 0.334 e. The summed E-state index contributed by atoms with van der Waals surface area (Å²) in [6.45, 7) is 0.864. The maximum atomic E-state index is 13.1. The fourth-order valence-corrected chi connectivity index (χ4v) is 2.43. The van der Waals surface area contributed by atoms with Crippen LogP contribution in [0.25, 0.3) is 0 Å². The van der Waals surface area contributed by atoms with Gasteiger partial charge in [-0.05, 0) is 29.3 Å². The zero-order valence-corrected chi connectivity index (χ0v) is 13.2. The van der Waals surface area contributed by atoms with Gasteiger partial charge in [-0.3, -0.25) is 4.68 Å². The Labute approximate surface area is 143 Å². The summed E-state index contributed by atoms with van der Waals surface area (Å²) >= 11 is 0. The number of rotatable bonds is 5. The van der Waals surface area contributed by atoms with Gasteiger partial charge < -0.3 is 10.6 Å². The molecule has 0 aliphatic rings. The van der Waals surface area contributed by atoms with E-state index in [4.69, 9.17) is 0 Å². The number of carbonyl (C=O) groups is 1. The molecular weight excluding hydrogens is 326 g/mol. The van der Waals surface area contributed by atoms with Crippen LogP contribution in [0, 0.1) is 11.6 Å². The van der Waals surface area contributed by atoms with E-state index in [0.29, 0.717) is 6.54 Å². The fourth-order valence-electron chi connectivity index (χ4n) is 2.43. The first-order valence-corrected chi connectivity index (χ1v) is 7.65. The molecule has 0 fully saturated rings. The first-order chi connectivity index (χ1) is 12.1. The van der Waals surface area contributed by atoms with Gasteiger partial charge in [0, 0.05) is 30.7 Å². The van der Waals surface area contributed by atoms with Crippen molar-refractivity contribution in [2.24, 2.45) is 0 Å². The molecule has 3 rings (SSSR count). The van der Waals surface area contributed by atoms with E-state index >= 15 is 0 Å². The molecule has 7 heteroatoms. The molecule has 1 aromatic heterocycles. The number of halogens is 2. The van der Waals surface area contributed by atoms with Crippen LogP contribution in [0.5, 0.6) is 0 Å². The molecule has 0 saturated carbocycles. The van der Waals surface area contributed by atoms with Crippen LogP contribution in [0.4, 0.5) is 19.3 Å². The molecule has 1 heterocycles. The number of hydrogen-bond donors (Lipinski definition) is 2. The molecule has 0 saturated heterocycles. The number of aromatic nitrogens is 2. The third kappa shape index (κ3) is 4.63. The van der Waals surface area contributed by atoms with E-state index in [1.807, 2.05) is 36.5 Å². The number of benzene rings is 2. The Morgan fingerprint density at radius 1 is 1.04 bits per heavy atom. The van der Waals surface area contributed by atoms with Crippen molar-refractivity contribution in [1.82, 2.24) is 15.1 Å². The summed E-state index contributed by atoms with van der Waals surface area (Å²) in [4.78, 5) is 12.0. The zero-order valence-electron chi connectivity index (χ0n) is 13.2. The summed E-state index contributed by atoms with van der Waals surface area (Å²) in [5.74, 6) is -1.50. The van der Waals surface area contributed by atoms with E-state index in [-0.39, 0.29) is 12.2 Å². The SMILES string of the molecule is O=C(NCc1ccccc1Cn1cccn1)Nc1cc(F)cc(F)c1. The van der Waals surface area contributed by atoms with Crippen LogP contribution in [0.3, 0.4) is 0 Å². The van der Waals surface area contributed by atoms with E-state index in [9.17, 15) is 13.6 Å². The number of urea groups is 1. The lowest BCUT2D eigenvalue weighted by Gasteiger charge is -2.12. The van der Waals surface area contributed by atoms with Crippen molar-refractivity contribution in [3.8, 4) is 0 Å². The molecule has 0 aliphatic carbocycles. The highest BCUT2D eigenvalue weighted by Gasteiger charge is 2.07. The molecule has 25 heavy (non-hydrogen) atoms. The number of carbonyl (C=O) groups excluding carboxylic acids is 1. The average Bonchev–Trinajstić information content (AvgIpc) is 3.06. The maximum Gasteiger partial charge on any atom is 0.319 e. The highest BCUT2D eigenvalue weighted by molar-refractivity contribution is 5.89. The lowest BCUT2D eigenvalue weighted by molar-refractivity contribution is 0.251. The molecule has 2 N–H and O–H groups in total. The fraction of sp³-hybridized carbons (Fsp3) is 0.111. The first kappa shape index (κ1) is 16.6. The summed E-state index contributed by atoms with van der Waals surface area (Å²) in [5, 5.41) is 9.26. The average molecular weight is 342 g/mol. The summed E-state index contributed by atoms with van der Waals surface area (Å²) in [5.41, 5.74) is 2.00. The number of nitrogens with zero attached hydrogens (tertiary/aromatic N) is 2. The summed E-state index contributed by atoms with van der Waals surface area (Å²) in [7, 11) is 0. The molecule has 2 aromatic carbocycles. The summed E-state index contributed by atoms with van der Waals surface area (Å²) < 4.78 is 28.1. The van der Waals surface area contributed by atoms with Crippen LogP contribution in [0.15, 0.2) is 60.9 Å². The molecule has 5 nitrogen and oxygen atoms in total. The molecule has 2 amide bonds. The van der Waals surface area contributed by atoms with Crippen LogP contribution in [-0.2, 0) is 13.1 Å². The lowest BCUT2D eigenvalue weighted by atomic mass is 10.1. The molecular formula is C18H16F2N4O. The van der Waals surface area contributed by atoms with E-state index in [1.54, 1.807) is 10.9 Å². The Morgan fingerprint density at radius 2 is 1.76 bits per heavy atom. The van der Waals surface area contributed by atoms with Gasteiger partial charge in [0.05, 0.1) is 6.54 Å². The molecule has 0 bridgehead atoms. The highest BCUT2D eigenvalue weighted by Crippen LogP contribution is 2.13. The van der Waals surface area contributed by atoms with Gasteiger partial charge in [0.25, 0.3) is 0 Å². The summed E-state index contributed by atoms with van der Waals surface area (Å²) in [6.07, 6.45) is 3.56. The van der Waals surface area contributed by atoms with Gasteiger partial charge in [-0.2, -0.15) is 5.10 Å².